The standard InChI is InChI=1S/C13H24N2/c1-13(2,12-14)8-11-15-9-6-4-3-5-7-10-15/h3-11H2,1-2H3. The van der Waals surface area contributed by atoms with Crippen LogP contribution >= 0.6 is 0 Å². The average molecular weight is 208 g/mol. The first-order chi connectivity index (χ1) is 7.14. The van der Waals surface area contributed by atoms with Gasteiger partial charge in [0, 0.05) is 0 Å². The third-order valence-electron chi connectivity index (χ3n) is 3.30. The van der Waals surface area contributed by atoms with E-state index in [2.05, 4.69) is 11.0 Å². The van der Waals surface area contributed by atoms with E-state index in [1.165, 1.54) is 45.2 Å². The second kappa shape index (κ2) is 6.12. The van der Waals surface area contributed by atoms with E-state index in [-0.39, 0.29) is 5.41 Å². The molecule has 0 aromatic rings. The lowest BCUT2D eigenvalue weighted by molar-refractivity contribution is 0.222. The number of likely N-dealkylation sites (tertiary alicyclic amines) is 1. The fraction of sp³-hybridized carbons (Fsp3) is 0.923. The molecule has 0 amide bonds. The summed E-state index contributed by atoms with van der Waals surface area (Å²) in [5.41, 5.74) is -0.150. The molecule has 0 atom stereocenters. The van der Waals surface area contributed by atoms with Crippen LogP contribution in [0.3, 0.4) is 0 Å². The van der Waals surface area contributed by atoms with Crippen LogP contribution in [0.2, 0.25) is 0 Å². The third kappa shape index (κ3) is 5.18. The maximum Gasteiger partial charge on any atom is 0.0684 e. The van der Waals surface area contributed by atoms with Crippen LogP contribution in [-0.4, -0.2) is 24.5 Å². The summed E-state index contributed by atoms with van der Waals surface area (Å²) in [6.07, 6.45) is 7.87. The van der Waals surface area contributed by atoms with E-state index in [1.54, 1.807) is 0 Å². The number of nitrogens with zero attached hydrogens (tertiary/aromatic N) is 2. The van der Waals surface area contributed by atoms with E-state index >= 15 is 0 Å². The lowest BCUT2D eigenvalue weighted by Gasteiger charge is -2.27. The van der Waals surface area contributed by atoms with E-state index in [1.807, 2.05) is 13.8 Å². The molecule has 0 spiro atoms. The Bertz CT molecular complexity index is 207. The number of hydrogen-bond acceptors (Lipinski definition) is 2. The Balaban J connectivity index is 2.27. The SMILES string of the molecule is CC(C)(C#N)CCN1CCCCCCC1. The molecule has 0 radical (unpaired) electrons. The molecule has 1 aliphatic rings. The summed E-state index contributed by atoms with van der Waals surface area (Å²) in [6, 6.07) is 2.38. The van der Waals surface area contributed by atoms with Gasteiger partial charge < -0.3 is 4.90 Å². The normalized spacial score (nSPS) is 20.3. The number of hydrogen-bond donors (Lipinski definition) is 0. The Morgan fingerprint density at radius 2 is 1.60 bits per heavy atom. The minimum Gasteiger partial charge on any atom is -0.303 e. The van der Waals surface area contributed by atoms with Gasteiger partial charge in [0.25, 0.3) is 0 Å². The van der Waals surface area contributed by atoms with Gasteiger partial charge in [0.05, 0.1) is 11.5 Å². The predicted octanol–water partition coefficient (Wildman–Crippen LogP) is 3.19. The predicted molar refractivity (Wildman–Crippen MR) is 63.5 cm³/mol. The third-order valence-corrected chi connectivity index (χ3v) is 3.30. The van der Waals surface area contributed by atoms with E-state index < -0.39 is 0 Å². The molecule has 1 fully saturated rings. The molecule has 1 saturated heterocycles. The Hall–Kier alpha value is -0.550. The monoisotopic (exact) mass is 208 g/mol. The van der Waals surface area contributed by atoms with Gasteiger partial charge in [-0.25, -0.2) is 0 Å². The minimum absolute atomic E-state index is 0.150. The highest BCUT2D eigenvalue weighted by molar-refractivity contribution is 4.92. The average Bonchev–Trinajstić information content (AvgIpc) is 2.16. The van der Waals surface area contributed by atoms with Gasteiger partial charge in [-0.05, 0) is 52.7 Å². The largest absolute Gasteiger partial charge is 0.303 e. The summed E-state index contributed by atoms with van der Waals surface area (Å²) < 4.78 is 0. The molecule has 0 unspecified atom stereocenters. The van der Waals surface area contributed by atoms with Crippen LogP contribution < -0.4 is 0 Å². The zero-order valence-corrected chi connectivity index (χ0v) is 10.3. The highest BCUT2D eigenvalue weighted by Crippen LogP contribution is 2.20. The van der Waals surface area contributed by atoms with Crippen LogP contribution in [0.1, 0.15) is 52.4 Å². The van der Waals surface area contributed by atoms with Crippen LogP contribution in [-0.2, 0) is 0 Å². The van der Waals surface area contributed by atoms with Crippen LogP contribution in [0.25, 0.3) is 0 Å². The van der Waals surface area contributed by atoms with E-state index in [4.69, 9.17) is 5.26 Å². The first kappa shape index (κ1) is 12.5. The van der Waals surface area contributed by atoms with Gasteiger partial charge in [-0.1, -0.05) is 19.3 Å². The quantitative estimate of drug-likeness (QED) is 0.712. The highest BCUT2D eigenvalue weighted by atomic mass is 15.1. The van der Waals surface area contributed by atoms with Crippen molar-refractivity contribution in [3.8, 4) is 6.07 Å². The maximum atomic E-state index is 8.96. The molecule has 0 bridgehead atoms. The van der Waals surface area contributed by atoms with Gasteiger partial charge in [-0.3, -0.25) is 0 Å². The number of rotatable bonds is 3. The fourth-order valence-electron chi connectivity index (χ4n) is 2.03. The first-order valence-electron chi connectivity index (χ1n) is 6.28. The van der Waals surface area contributed by atoms with Crippen molar-refractivity contribution in [1.29, 1.82) is 5.26 Å². The van der Waals surface area contributed by atoms with E-state index in [9.17, 15) is 0 Å². The minimum atomic E-state index is -0.150. The van der Waals surface area contributed by atoms with E-state index in [0.29, 0.717) is 0 Å². The van der Waals surface area contributed by atoms with Crippen molar-refractivity contribution in [3.05, 3.63) is 0 Å². The Morgan fingerprint density at radius 3 is 2.13 bits per heavy atom. The first-order valence-corrected chi connectivity index (χ1v) is 6.28. The Kier molecular flexibility index (Phi) is 5.11. The van der Waals surface area contributed by atoms with Crippen LogP contribution in [0.5, 0.6) is 0 Å². The smallest absolute Gasteiger partial charge is 0.0684 e. The molecule has 86 valence electrons. The van der Waals surface area contributed by atoms with Gasteiger partial charge in [0.2, 0.25) is 0 Å². The Labute approximate surface area is 94.3 Å². The van der Waals surface area contributed by atoms with Crippen molar-refractivity contribution < 1.29 is 0 Å². The van der Waals surface area contributed by atoms with Crippen molar-refractivity contribution >= 4 is 0 Å². The molecule has 15 heavy (non-hydrogen) atoms. The Morgan fingerprint density at radius 1 is 1.07 bits per heavy atom. The zero-order chi connectivity index (χ0) is 11.1. The summed E-state index contributed by atoms with van der Waals surface area (Å²) in [5, 5.41) is 8.96. The summed E-state index contributed by atoms with van der Waals surface area (Å²) >= 11 is 0. The molecule has 2 heteroatoms. The molecule has 1 aliphatic heterocycles. The summed E-state index contributed by atoms with van der Waals surface area (Å²) in [5.74, 6) is 0. The van der Waals surface area contributed by atoms with Crippen LogP contribution in [0, 0.1) is 16.7 Å². The lowest BCUT2D eigenvalue weighted by Crippen LogP contribution is -2.30. The molecular formula is C13H24N2. The van der Waals surface area contributed by atoms with Gasteiger partial charge in [-0.2, -0.15) is 5.26 Å². The van der Waals surface area contributed by atoms with Gasteiger partial charge in [0.1, 0.15) is 0 Å². The maximum absolute atomic E-state index is 8.96. The van der Waals surface area contributed by atoms with Crippen LogP contribution in [0.4, 0.5) is 0 Å². The molecule has 1 rings (SSSR count). The van der Waals surface area contributed by atoms with Crippen molar-refractivity contribution in [2.75, 3.05) is 19.6 Å². The van der Waals surface area contributed by atoms with E-state index in [0.717, 1.165) is 13.0 Å². The van der Waals surface area contributed by atoms with Crippen molar-refractivity contribution in [2.24, 2.45) is 5.41 Å². The van der Waals surface area contributed by atoms with Gasteiger partial charge >= 0.3 is 0 Å². The molecule has 0 saturated carbocycles. The topological polar surface area (TPSA) is 27.0 Å². The second-order valence-corrected chi connectivity index (χ2v) is 5.36. The van der Waals surface area contributed by atoms with Crippen molar-refractivity contribution in [2.45, 2.75) is 52.4 Å². The second-order valence-electron chi connectivity index (χ2n) is 5.36. The van der Waals surface area contributed by atoms with Crippen molar-refractivity contribution in [3.63, 3.8) is 0 Å². The summed E-state index contributed by atoms with van der Waals surface area (Å²) in [7, 11) is 0. The summed E-state index contributed by atoms with van der Waals surface area (Å²) in [6.45, 7) is 7.65. The van der Waals surface area contributed by atoms with Gasteiger partial charge in [0.15, 0.2) is 0 Å². The molecule has 0 N–H and O–H groups in total. The summed E-state index contributed by atoms with van der Waals surface area (Å²) in [4.78, 5) is 2.54. The molecular weight excluding hydrogens is 184 g/mol. The van der Waals surface area contributed by atoms with Crippen LogP contribution in [0.15, 0.2) is 0 Å². The number of nitriles is 1. The molecule has 1 heterocycles. The molecule has 2 nitrogen and oxygen atoms in total. The molecule has 0 aromatic carbocycles. The van der Waals surface area contributed by atoms with Gasteiger partial charge in [-0.15, -0.1) is 0 Å². The molecule has 0 aliphatic carbocycles. The fourth-order valence-corrected chi connectivity index (χ4v) is 2.03. The highest BCUT2D eigenvalue weighted by Gasteiger charge is 2.18. The molecule has 0 aromatic heterocycles. The van der Waals surface area contributed by atoms with Crippen molar-refractivity contribution in [1.82, 2.24) is 4.90 Å². The lowest BCUT2D eigenvalue weighted by atomic mass is 9.91. The zero-order valence-electron chi connectivity index (χ0n) is 10.3.